The number of fused-ring (bicyclic) bond motifs is 1. The summed E-state index contributed by atoms with van der Waals surface area (Å²) in [5.41, 5.74) is 0.794. The first-order valence-electron chi connectivity index (χ1n) is 9.11. The van der Waals surface area contributed by atoms with Crippen LogP contribution in [0.1, 0.15) is 25.8 Å². The molecule has 2 aromatic rings. The summed E-state index contributed by atoms with van der Waals surface area (Å²) < 4.78 is 16.9. The van der Waals surface area contributed by atoms with E-state index in [1.807, 2.05) is 48.5 Å². The van der Waals surface area contributed by atoms with Crippen LogP contribution in [0.25, 0.3) is 0 Å². The van der Waals surface area contributed by atoms with Gasteiger partial charge in [-0.3, -0.25) is 9.59 Å². The van der Waals surface area contributed by atoms with Gasteiger partial charge in [-0.2, -0.15) is 0 Å². The van der Waals surface area contributed by atoms with E-state index in [4.69, 9.17) is 14.2 Å². The average molecular weight is 379 g/mol. The molecule has 4 rings (SSSR count). The smallest absolute Gasteiger partial charge is 0.293 e. The largest absolute Gasteiger partial charge is 0.481 e. The highest BCUT2D eigenvalue weighted by Crippen LogP contribution is 2.37. The fourth-order valence-electron chi connectivity index (χ4n) is 3.39. The fraction of sp³-hybridized carbons (Fsp3) is 0.273. The SMILES string of the molecule is CC1(C)CC(=O)C=C(C(=O)N(Cc2cccc3c2OCO3)c2ccccc2)O1. The Morgan fingerprint density at radius 2 is 1.86 bits per heavy atom. The van der Waals surface area contributed by atoms with Crippen LogP contribution in [0.4, 0.5) is 5.69 Å². The molecular formula is C22H21NO5. The number of carbonyl (C=O) groups is 2. The number of ether oxygens (including phenoxy) is 3. The van der Waals surface area contributed by atoms with Gasteiger partial charge in [-0.25, -0.2) is 0 Å². The van der Waals surface area contributed by atoms with E-state index in [1.54, 1.807) is 18.7 Å². The van der Waals surface area contributed by atoms with E-state index in [0.29, 0.717) is 17.2 Å². The monoisotopic (exact) mass is 379 g/mol. The Balaban J connectivity index is 1.70. The zero-order valence-electron chi connectivity index (χ0n) is 15.8. The van der Waals surface area contributed by atoms with Crippen LogP contribution in [0.2, 0.25) is 0 Å². The molecule has 0 N–H and O–H groups in total. The van der Waals surface area contributed by atoms with Crippen molar-refractivity contribution in [1.29, 1.82) is 0 Å². The minimum Gasteiger partial charge on any atom is -0.481 e. The molecule has 6 nitrogen and oxygen atoms in total. The number of rotatable bonds is 4. The van der Waals surface area contributed by atoms with Gasteiger partial charge in [0.2, 0.25) is 6.79 Å². The number of ketones is 1. The van der Waals surface area contributed by atoms with Crippen molar-refractivity contribution in [3.05, 3.63) is 65.9 Å². The van der Waals surface area contributed by atoms with E-state index >= 15 is 0 Å². The summed E-state index contributed by atoms with van der Waals surface area (Å²) in [6, 6.07) is 14.9. The summed E-state index contributed by atoms with van der Waals surface area (Å²) in [7, 11) is 0. The quantitative estimate of drug-likeness (QED) is 0.812. The van der Waals surface area contributed by atoms with Gasteiger partial charge in [0.25, 0.3) is 5.91 Å². The summed E-state index contributed by atoms with van der Waals surface area (Å²) in [6.45, 7) is 4.01. The summed E-state index contributed by atoms with van der Waals surface area (Å²) in [5, 5.41) is 0. The van der Waals surface area contributed by atoms with Gasteiger partial charge in [-0.1, -0.05) is 30.3 Å². The summed E-state index contributed by atoms with van der Waals surface area (Å²) in [5.74, 6) is 0.845. The number of carbonyl (C=O) groups excluding carboxylic acids is 2. The molecule has 2 aromatic carbocycles. The molecule has 2 aliphatic rings. The number of benzene rings is 2. The van der Waals surface area contributed by atoms with Crippen LogP contribution in [0.5, 0.6) is 11.5 Å². The fourth-order valence-corrected chi connectivity index (χ4v) is 3.39. The van der Waals surface area contributed by atoms with Crippen molar-refractivity contribution in [3.63, 3.8) is 0 Å². The first-order valence-corrected chi connectivity index (χ1v) is 9.11. The van der Waals surface area contributed by atoms with Gasteiger partial charge in [-0.05, 0) is 32.0 Å². The highest BCUT2D eigenvalue weighted by Gasteiger charge is 2.34. The van der Waals surface area contributed by atoms with Gasteiger partial charge in [-0.15, -0.1) is 0 Å². The average Bonchev–Trinajstić information content (AvgIpc) is 3.14. The molecule has 0 spiro atoms. The van der Waals surface area contributed by atoms with E-state index in [-0.39, 0.29) is 37.2 Å². The number of hydrogen-bond acceptors (Lipinski definition) is 5. The minimum absolute atomic E-state index is 0.0508. The van der Waals surface area contributed by atoms with E-state index in [2.05, 4.69) is 0 Å². The Labute approximate surface area is 163 Å². The van der Waals surface area contributed by atoms with Gasteiger partial charge >= 0.3 is 0 Å². The summed E-state index contributed by atoms with van der Waals surface area (Å²) in [4.78, 5) is 27.0. The molecule has 0 radical (unpaired) electrons. The number of nitrogens with zero attached hydrogens (tertiary/aromatic N) is 1. The lowest BCUT2D eigenvalue weighted by molar-refractivity contribution is -0.129. The van der Waals surface area contributed by atoms with Crippen molar-refractivity contribution in [2.24, 2.45) is 0 Å². The van der Waals surface area contributed by atoms with Crippen molar-refractivity contribution >= 4 is 17.4 Å². The first-order chi connectivity index (χ1) is 13.4. The Kier molecular flexibility index (Phi) is 4.55. The third-order valence-corrected chi connectivity index (χ3v) is 4.61. The second-order valence-electron chi connectivity index (χ2n) is 7.39. The molecule has 0 aliphatic carbocycles. The van der Waals surface area contributed by atoms with Crippen molar-refractivity contribution in [1.82, 2.24) is 0 Å². The van der Waals surface area contributed by atoms with E-state index in [1.165, 1.54) is 6.08 Å². The van der Waals surface area contributed by atoms with Crippen molar-refractivity contribution in [2.45, 2.75) is 32.4 Å². The van der Waals surface area contributed by atoms with Crippen LogP contribution in [-0.2, 0) is 20.9 Å². The number of allylic oxidation sites excluding steroid dienone is 1. The Morgan fingerprint density at radius 1 is 1.07 bits per heavy atom. The first kappa shape index (κ1) is 18.1. The van der Waals surface area contributed by atoms with E-state index in [9.17, 15) is 9.59 Å². The van der Waals surface area contributed by atoms with Crippen LogP contribution in [0.3, 0.4) is 0 Å². The molecule has 0 saturated heterocycles. The molecule has 0 unspecified atom stereocenters. The second-order valence-corrected chi connectivity index (χ2v) is 7.39. The molecule has 0 atom stereocenters. The highest BCUT2D eigenvalue weighted by molar-refractivity contribution is 6.09. The van der Waals surface area contributed by atoms with Gasteiger partial charge in [0.05, 0.1) is 6.54 Å². The predicted molar refractivity (Wildman–Crippen MR) is 103 cm³/mol. The van der Waals surface area contributed by atoms with Gasteiger partial charge in [0, 0.05) is 23.7 Å². The molecule has 28 heavy (non-hydrogen) atoms. The number of anilines is 1. The zero-order valence-corrected chi connectivity index (χ0v) is 15.8. The molecule has 2 heterocycles. The highest BCUT2D eigenvalue weighted by atomic mass is 16.7. The third kappa shape index (κ3) is 3.58. The molecule has 2 aliphatic heterocycles. The zero-order chi connectivity index (χ0) is 19.7. The Morgan fingerprint density at radius 3 is 2.61 bits per heavy atom. The van der Waals surface area contributed by atoms with Gasteiger partial charge < -0.3 is 19.1 Å². The molecule has 0 aromatic heterocycles. The lowest BCUT2D eigenvalue weighted by atomic mass is 9.98. The van der Waals surface area contributed by atoms with Crippen LogP contribution in [-0.4, -0.2) is 24.1 Å². The maximum Gasteiger partial charge on any atom is 0.293 e. The predicted octanol–water partition coefficient (Wildman–Crippen LogP) is 3.60. The second kappa shape index (κ2) is 7.03. The number of amides is 1. The Bertz CT molecular complexity index is 949. The molecule has 1 amide bonds. The van der Waals surface area contributed by atoms with Crippen LogP contribution in [0.15, 0.2) is 60.4 Å². The van der Waals surface area contributed by atoms with E-state index in [0.717, 1.165) is 5.56 Å². The molecule has 144 valence electrons. The topological polar surface area (TPSA) is 65.1 Å². The molecule has 0 fully saturated rings. The van der Waals surface area contributed by atoms with Crippen molar-refractivity contribution < 1.29 is 23.8 Å². The van der Waals surface area contributed by atoms with E-state index < -0.39 is 5.60 Å². The molecule has 6 heteroatoms. The minimum atomic E-state index is -0.718. The standard InChI is InChI=1S/C22H21NO5/c1-22(2)12-17(24)11-19(28-22)21(25)23(16-8-4-3-5-9-16)13-15-7-6-10-18-20(15)27-14-26-18/h3-11H,12-14H2,1-2H3. The maximum absolute atomic E-state index is 13.3. The van der Waals surface area contributed by atoms with Crippen LogP contribution < -0.4 is 14.4 Å². The van der Waals surface area contributed by atoms with Crippen LogP contribution >= 0.6 is 0 Å². The molecule has 0 saturated carbocycles. The van der Waals surface area contributed by atoms with Gasteiger partial charge in [0.15, 0.2) is 23.0 Å². The van der Waals surface area contributed by atoms with Crippen LogP contribution in [0, 0.1) is 0 Å². The molecular weight excluding hydrogens is 358 g/mol. The lowest BCUT2D eigenvalue weighted by Crippen LogP contribution is -2.39. The molecule has 0 bridgehead atoms. The number of hydrogen-bond donors (Lipinski definition) is 0. The van der Waals surface area contributed by atoms with Crippen molar-refractivity contribution in [2.75, 3.05) is 11.7 Å². The summed E-state index contributed by atoms with van der Waals surface area (Å²) >= 11 is 0. The van der Waals surface area contributed by atoms with Gasteiger partial charge in [0.1, 0.15) is 5.60 Å². The lowest BCUT2D eigenvalue weighted by Gasteiger charge is -2.32. The third-order valence-electron chi connectivity index (χ3n) is 4.61. The summed E-state index contributed by atoms with van der Waals surface area (Å²) in [6.07, 6.45) is 1.53. The van der Waals surface area contributed by atoms with Crippen molar-refractivity contribution in [3.8, 4) is 11.5 Å². The Hall–Kier alpha value is -3.28. The normalized spacial score (nSPS) is 16.9. The maximum atomic E-state index is 13.3. The number of para-hydroxylation sites is 2.